The average Bonchev–Trinajstić information content (AvgIpc) is 1.83. The molecule has 0 spiro atoms. The molecule has 0 rings (SSSR count). The largest absolute Gasteiger partial charge is 1.00 e. The van der Waals surface area contributed by atoms with Gasteiger partial charge in [-0.15, -0.1) is 0 Å². The van der Waals surface area contributed by atoms with Gasteiger partial charge >= 0.3 is 134 Å². The maximum Gasteiger partial charge on any atom is 1.00 e. The Hall–Kier alpha value is 4.71. The molecule has 0 aromatic carbocycles. The van der Waals surface area contributed by atoms with Crippen molar-refractivity contribution in [2.24, 2.45) is 0 Å². The van der Waals surface area contributed by atoms with Crippen LogP contribution in [-0.2, 0) is 40.1 Å². The zero-order valence-electron chi connectivity index (χ0n) is 12.9. The van der Waals surface area contributed by atoms with Crippen LogP contribution in [0.25, 0.3) is 0 Å². The Balaban J connectivity index is -0.000000333. The molecule has 0 aliphatic rings. The van der Waals surface area contributed by atoms with Crippen molar-refractivity contribution in [2.45, 2.75) is 0 Å². The first kappa shape index (κ1) is 40.1. The zero-order valence-corrected chi connectivity index (χ0v) is 25.4. The van der Waals surface area contributed by atoms with Crippen molar-refractivity contribution in [1.29, 1.82) is 0 Å². The second-order valence-electron chi connectivity index (χ2n) is 2.63. The predicted octanol–water partition coefficient (Wildman–Crippen LogP) is -15.0. The van der Waals surface area contributed by atoms with Gasteiger partial charge in [0.1, 0.15) is 0 Å². The van der Waals surface area contributed by atoms with Gasteiger partial charge in [-0.1, -0.05) is 0 Å². The summed E-state index contributed by atoms with van der Waals surface area (Å²) in [6.07, 6.45) is 0. The van der Waals surface area contributed by atoms with Gasteiger partial charge in [0, 0.05) is 0 Å². The fourth-order valence-electron chi connectivity index (χ4n) is 0.550. The van der Waals surface area contributed by atoms with Gasteiger partial charge in [0.05, 0.1) is 7.82 Å². The summed E-state index contributed by atoms with van der Waals surface area (Å²) in [5, 5.41) is 0. The molecule has 0 heterocycles. The van der Waals surface area contributed by atoms with E-state index in [1.54, 1.807) is 0 Å². The minimum atomic E-state index is -6.44. The van der Waals surface area contributed by atoms with E-state index in [2.05, 4.69) is 17.2 Å². The molecule has 0 aromatic rings. The Morgan fingerprint density at radius 1 is 0.560 bits per heavy atom. The summed E-state index contributed by atoms with van der Waals surface area (Å²) in [6, 6.07) is 0. The Labute approximate surface area is 228 Å². The molecule has 0 aliphatic heterocycles. The summed E-state index contributed by atoms with van der Waals surface area (Å²) in [6.45, 7) is 0. The molecular formula is H3Na4O16P5. The third-order valence-corrected chi connectivity index (χ3v) is 7.31. The van der Waals surface area contributed by atoms with Crippen molar-refractivity contribution >= 4 is 39.1 Å². The van der Waals surface area contributed by atoms with Crippen molar-refractivity contribution in [3.05, 3.63) is 0 Å². The first-order valence-corrected chi connectivity index (χ1v) is 11.1. The van der Waals surface area contributed by atoms with Crippen molar-refractivity contribution in [3.8, 4) is 0 Å². The summed E-state index contributed by atoms with van der Waals surface area (Å²) in [5.41, 5.74) is 0. The SMILES string of the molecule is O=P([O-])([O-])OP(=O)([O-])OP(=O)([O-])OP(=O)(O)OP(=O)(O)O.[Na+].[Na+].[Na+].[Na+]. The van der Waals surface area contributed by atoms with Crippen LogP contribution in [0.2, 0.25) is 0 Å². The molecule has 0 aliphatic carbocycles. The molecule has 3 unspecified atom stereocenters. The van der Waals surface area contributed by atoms with Crippen molar-refractivity contribution in [1.82, 2.24) is 0 Å². The fraction of sp³-hybridized carbons (Fsp3) is 0. The first-order valence-electron chi connectivity index (χ1n) is 3.70. The van der Waals surface area contributed by atoms with Gasteiger partial charge in [0.15, 0.2) is 0 Å². The quantitative estimate of drug-likeness (QED) is 0.204. The van der Waals surface area contributed by atoms with E-state index in [1.165, 1.54) is 0 Å². The standard InChI is InChI=1S/4Na.H7O16P5/c;;;;1-17(2,3)13-19(7,8)15-21(11,12)16-20(9,10)14-18(4,5)6/h;;;;(H,7,8)(H,9,10)(H,11,12)(H2,1,2,3)(H2,4,5,6)/q4*+1;/p-4. The van der Waals surface area contributed by atoms with Crippen LogP contribution in [0, 0.1) is 0 Å². The Morgan fingerprint density at radius 2 is 0.880 bits per heavy atom. The number of phosphoric acid groups is 5. The molecule has 0 amide bonds. The molecule has 0 radical (unpaired) electrons. The van der Waals surface area contributed by atoms with Crippen LogP contribution < -0.4 is 138 Å². The topological polar surface area (TPSA) is 275 Å². The number of rotatable bonds is 8. The van der Waals surface area contributed by atoms with Crippen molar-refractivity contribution in [2.75, 3.05) is 0 Å². The molecule has 0 fully saturated rings. The van der Waals surface area contributed by atoms with Crippen molar-refractivity contribution < 1.29 is 193 Å². The van der Waals surface area contributed by atoms with Gasteiger partial charge in [0.25, 0.3) is 15.6 Å². The van der Waals surface area contributed by atoms with E-state index in [-0.39, 0.29) is 118 Å². The Morgan fingerprint density at radius 3 is 1.16 bits per heavy atom. The summed E-state index contributed by atoms with van der Waals surface area (Å²) in [4.78, 5) is 66.1. The van der Waals surface area contributed by atoms with E-state index in [4.69, 9.17) is 14.7 Å². The summed E-state index contributed by atoms with van der Waals surface area (Å²) in [7, 11) is -30.9. The Bertz CT molecular complexity index is 562. The van der Waals surface area contributed by atoms with Crippen LogP contribution in [0.5, 0.6) is 0 Å². The molecule has 25 heavy (non-hydrogen) atoms. The van der Waals surface area contributed by atoms with Crippen LogP contribution in [0.4, 0.5) is 0 Å². The maximum absolute atomic E-state index is 10.8. The molecule has 128 valence electrons. The summed E-state index contributed by atoms with van der Waals surface area (Å²) in [5.74, 6) is 0. The van der Waals surface area contributed by atoms with Crippen LogP contribution in [0.15, 0.2) is 0 Å². The predicted molar refractivity (Wildman–Crippen MR) is 49.0 cm³/mol. The van der Waals surface area contributed by atoms with Crippen LogP contribution in [0.3, 0.4) is 0 Å². The monoisotopic (exact) mass is 506 g/mol. The summed E-state index contributed by atoms with van der Waals surface area (Å²) >= 11 is 0. The van der Waals surface area contributed by atoms with Gasteiger partial charge in [-0.2, -0.15) is 4.31 Å². The number of hydrogen-bond acceptors (Lipinski definition) is 13. The second-order valence-corrected chi connectivity index (χ2v) is 9.84. The van der Waals surface area contributed by atoms with E-state index in [9.17, 15) is 42.4 Å². The normalized spacial score (nSPS) is 18.5. The van der Waals surface area contributed by atoms with Gasteiger partial charge in [0.2, 0.25) is 0 Å². The van der Waals surface area contributed by atoms with E-state index in [0.717, 1.165) is 0 Å². The van der Waals surface area contributed by atoms with E-state index >= 15 is 0 Å². The van der Waals surface area contributed by atoms with Crippen LogP contribution in [0.1, 0.15) is 0 Å². The molecule has 0 aromatic heterocycles. The van der Waals surface area contributed by atoms with Gasteiger partial charge in [-0.25, -0.2) is 17.8 Å². The fourth-order valence-corrected chi connectivity index (χ4v) is 5.76. The van der Waals surface area contributed by atoms with Crippen molar-refractivity contribution in [3.63, 3.8) is 0 Å². The van der Waals surface area contributed by atoms with Gasteiger partial charge in [-0.3, -0.25) is 13.4 Å². The van der Waals surface area contributed by atoms with Crippen LogP contribution >= 0.6 is 39.1 Å². The van der Waals surface area contributed by atoms with E-state index < -0.39 is 39.1 Å². The molecule has 3 N–H and O–H groups in total. The maximum atomic E-state index is 10.8. The zero-order chi connectivity index (χ0) is 17.3. The van der Waals surface area contributed by atoms with E-state index in [1.807, 2.05) is 0 Å². The minimum absolute atomic E-state index is 0. The molecule has 0 saturated heterocycles. The smallest absolute Gasteiger partial charge is 0.790 e. The molecule has 0 bridgehead atoms. The first-order chi connectivity index (χ1) is 8.83. The van der Waals surface area contributed by atoms with Gasteiger partial charge in [-0.05, 0) is 0 Å². The second kappa shape index (κ2) is 14.7. The molecular weight excluding hydrogens is 503 g/mol. The minimum Gasteiger partial charge on any atom is -0.790 e. The average molecular weight is 506 g/mol. The van der Waals surface area contributed by atoms with E-state index in [0.29, 0.717) is 0 Å². The molecule has 3 atom stereocenters. The number of hydrogen-bond donors (Lipinski definition) is 3. The molecule has 0 saturated carbocycles. The summed E-state index contributed by atoms with van der Waals surface area (Å²) < 4.78 is 63.8. The molecule has 16 nitrogen and oxygen atoms in total. The molecule has 25 heteroatoms. The third kappa shape index (κ3) is 24.8. The van der Waals surface area contributed by atoms with Gasteiger partial charge < -0.3 is 38.8 Å². The van der Waals surface area contributed by atoms with Crippen LogP contribution in [-0.4, -0.2) is 14.7 Å². The third-order valence-electron chi connectivity index (χ3n) is 0.813. The Kier molecular flexibility index (Phi) is 23.6.